The van der Waals surface area contributed by atoms with Crippen molar-refractivity contribution in [3.8, 4) is 0 Å². The van der Waals surface area contributed by atoms with E-state index in [9.17, 15) is 14.0 Å². The van der Waals surface area contributed by atoms with Gasteiger partial charge in [0.1, 0.15) is 0 Å². The van der Waals surface area contributed by atoms with Crippen LogP contribution in [-0.4, -0.2) is 28.0 Å². The van der Waals surface area contributed by atoms with Crippen LogP contribution in [0.25, 0.3) is 0 Å². The smallest absolute Gasteiger partial charge is 0.303 e. The summed E-state index contributed by atoms with van der Waals surface area (Å²) in [4.78, 5) is 25.3. The Bertz CT molecular complexity index is 406. The van der Waals surface area contributed by atoms with E-state index >= 15 is 0 Å². The summed E-state index contributed by atoms with van der Waals surface area (Å²) in [7, 11) is 0. The van der Waals surface area contributed by atoms with Crippen molar-refractivity contribution in [3.63, 3.8) is 0 Å². The Morgan fingerprint density at radius 3 is 2.76 bits per heavy atom. The molecule has 0 aliphatic heterocycles. The van der Waals surface area contributed by atoms with E-state index in [-0.39, 0.29) is 18.0 Å². The van der Waals surface area contributed by atoms with Gasteiger partial charge in [-0.05, 0) is 25.5 Å². The molecule has 1 rings (SSSR count). The van der Waals surface area contributed by atoms with Crippen molar-refractivity contribution >= 4 is 11.9 Å². The Labute approximate surface area is 97.7 Å². The van der Waals surface area contributed by atoms with Gasteiger partial charge in [-0.3, -0.25) is 9.59 Å². The van der Waals surface area contributed by atoms with Gasteiger partial charge in [-0.25, -0.2) is 4.98 Å². The second-order valence-electron chi connectivity index (χ2n) is 3.68. The number of carbonyl (C=O) groups is 2. The number of halogens is 1. The molecule has 6 heteroatoms. The first-order valence-electron chi connectivity index (χ1n) is 5.13. The van der Waals surface area contributed by atoms with Crippen LogP contribution in [0.3, 0.4) is 0 Å². The maximum atomic E-state index is 12.5. The summed E-state index contributed by atoms with van der Waals surface area (Å²) in [5.74, 6) is -1.95. The van der Waals surface area contributed by atoms with Crippen molar-refractivity contribution in [1.82, 2.24) is 10.3 Å². The molecule has 92 valence electrons. The first-order chi connectivity index (χ1) is 7.99. The quantitative estimate of drug-likeness (QED) is 0.758. The van der Waals surface area contributed by atoms with E-state index in [2.05, 4.69) is 10.3 Å². The number of nitrogens with one attached hydrogen (secondary N) is 1. The van der Waals surface area contributed by atoms with Gasteiger partial charge in [0.15, 0.2) is 0 Å². The Balaban J connectivity index is 2.48. The summed E-state index contributed by atoms with van der Waals surface area (Å²) in [5, 5.41) is 11.1. The molecule has 1 aromatic rings. The van der Waals surface area contributed by atoms with Crippen molar-refractivity contribution in [1.29, 1.82) is 0 Å². The zero-order valence-corrected chi connectivity index (χ0v) is 9.31. The van der Waals surface area contributed by atoms with Crippen LogP contribution in [-0.2, 0) is 4.79 Å². The second kappa shape index (κ2) is 5.93. The lowest BCUT2D eigenvalue weighted by Gasteiger charge is -2.12. The van der Waals surface area contributed by atoms with Gasteiger partial charge in [-0.1, -0.05) is 0 Å². The van der Waals surface area contributed by atoms with E-state index in [4.69, 9.17) is 5.11 Å². The molecule has 0 radical (unpaired) electrons. The molecule has 1 unspecified atom stereocenters. The number of pyridine rings is 1. The van der Waals surface area contributed by atoms with Gasteiger partial charge in [0.2, 0.25) is 5.95 Å². The van der Waals surface area contributed by atoms with Crippen LogP contribution >= 0.6 is 0 Å². The molecule has 1 aromatic heterocycles. The van der Waals surface area contributed by atoms with E-state index in [0.29, 0.717) is 6.42 Å². The summed E-state index contributed by atoms with van der Waals surface area (Å²) >= 11 is 0. The Kier molecular flexibility index (Phi) is 4.56. The molecule has 0 fully saturated rings. The first kappa shape index (κ1) is 13.1. The molecule has 17 heavy (non-hydrogen) atoms. The summed E-state index contributed by atoms with van der Waals surface area (Å²) in [6, 6.07) is 2.15. The second-order valence-corrected chi connectivity index (χ2v) is 3.68. The molecule has 0 aliphatic rings. The average molecular weight is 240 g/mol. The number of hydrogen-bond acceptors (Lipinski definition) is 3. The van der Waals surface area contributed by atoms with Gasteiger partial charge in [-0.2, -0.15) is 4.39 Å². The van der Waals surface area contributed by atoms with E-state index in [1.807, 2.05) is 0 Å². The molecule has 2 N–H and O–H groups in total. The highest BCUT2D eigenvalue weighted by Gasteiger charge is 2.11. The van der Waals surface area contributed by atoms with Crippen molar-refractivity contribution in [2.24, 2.45) is 0 Å². The van der Waals surface area contributed by atoms with E-state index in [0.717, 1.165) is 12.3 Å². The summed E-state index contributed by atoms with van der Waals surface area (Å²) in [6.07, 6.45) is 1.47. The van der Waals surface area contributed by atoms with Crippen LogP contribution in [0.2, 0.25) is 0 Å². The van der Waals surface area contributed by atoms with E-state index in [1.165, 1.54) is 6.07 Å². The molecule has 0 saturated carbocycles. The number of nitrogens with zero attached hydrogens (tertiary/aromatic N) is 1. The predicted octanol–water partition coefficient (Wildman–Crippen LogP) is 1.20. The average Bonchev–Trinajstić information content (AvgIpc) is 2.27. The highest BCUT2D eigenvalue weighted by atomic mass is 19.1. The minimum Gasteiger partial charge on any atom is -0.481 e. The molecular formula is C11H13FN2O3. The topological polar surface area (TPSA) is 79.3 Å². The third-order valence-electron chi connectivity index (χ3n) is 2.16. The molecule has 5 nitrogen and oxygen atoms in total. The maximum absolute atomic E-state index is 12.5. The standard InChI is InChI=1S/C11H13FN2O3/c1-7(2-5-10(15)16)14-11(17)8-3-4-9(12)13-6-8/h3-4,6-7H,2,5H2,1H3,(H,14,17)(H,15,16). The summed E-state index contributed by atoms with van der Waals surface area (Å²) in [5.41, 5.74) is 0.244. The van der Waals surface area contributed by atoms with Crippen LogP contribution in [0.1, 0.15) is 30.1 Å². The molecule has 0 aromatic carbocycles. The first-order valence-corrected chi connectivity index (χ1v) is 5.13. The maximum Gasteiger partial charge on any atom is 0.303 e. The third kappa shape index (κ3) is 4.58. The van der Waals surface area contributed by atoms with Crippen molar-refractivity contribution < 1.29 is 19.1 Å². The van der Waals surface area contributed by atoms with Crippen molar-refractivity contribution in [2.45, 2.75) is 25.8 Å². The lowest BCUT2D eigenvalue weighted by molar-refractivity contribution is -0.137. The van der Waals surface area contributed by atoms with Crippen molar-refractivity contribution in [3.05, 3.63) is 29.8 Å². The van der Waals surface area contributed by atoms with Crippen LogP contribution in [0.5, 0.6) is 0 Å². The number of carboxylic acid groups (broad SMARTS) is 1. The van der Waals surface area contributed by atoms with Crippen LogP contribution in [0.15, 0.2) is 18.3 Å². The van der Waals surface area contributed by atoms with Gasteiger partial charge in [-0.15, -0.1) is 0 Å². The minimum atomic E-state index is -0.908. The zero-order chi connectivity index (χ0) is 12.8. The largest absolute Gasteiger partial charge is 0.481 e. The molecular weight excluding hydrogens is 227 g/mol. The third-order valence-corrected chi connectivity index (χ3v) is 2.16. The number of carboxylic acids is 1. The predicted molar refractivity (Wildman–Crippen MR) is 58.0 cm³/mol. The molecule has 0 spiro atoms. The molecule has 0 bridgehead atoms. The number of hydrogen-bond donors (Lipinski definition) is 2. The number of rotatable bonds is 5. The monoisotopic (exact) mass is 240 g/mol. The van der Waals surface area contributed by atoms with Gasteiger partial charge in [0.25, 0.3) is 5.91 Å². The molecule has 1 atom stereocenters. The molecule has 1 heterocycles. The highest BCUT2D eigenvalue weighted by molar-refractivity contribution is 5.94. The Morgan fingerprint density at radius 2 is 2.24 bits per heavy atom. The normalized spacial score (nSPS) is 11.9. The van der Waals surface area contributed by atoms with Crippen LogP contribution < -0.4 is 5.32 Å². The van der Waals surface area contributed by atoms with Gasteiger partial charge >= 0.3 is 5.97 Å². The minimum absolute atomic E-state index is 0.0108. The van der Waals surface area contributed by atoms with Crippen LogP contribution in [0.4, 0.5) is 4.39 Å². The number of carbonyl (C=O) groups excluding carboxylic acids is 1. The van der Waals surface area contributed by atoms with E-state index < -0.39 is 17.8 Å². The number of amides is 1. The SMILES string of the molecule is CC(CCC(=O)O)NC(=O)c1ccc(F)nc1. The summed E-state index contributed by atoms with van der Waals surface area (Å²) in [6.45, 7) is 1.71. The summed E-state index contributed by atoms with van der Waals surface area (Å²) < 4.78 is 12.5. The lowest BCUT2D eigenvalue weighted by Crippen LogP contribution is -2.33. The van der Waals surface area contributed by atoms with Crippen LogP contribution in [0, 0.1) is 5.95 Å². The Hall–Kier alpha value is -1.98. The van der Waals surface area contributed by atoms with Crippen molar-refractivity contribution in [2.75, 3.05) is 0 Å². The molecule has 0 aliphatic carbocycles. The van der Waals surface area contributed by atoms with E-state index in [1.54, 1.807) is 6.92 Å². The zero-order valence-electron chi connectivity index (χ0n) is 9.31. The Morgan fingerprint density at radius 1 is 1.53 bits per heavy atom. The van der Waals surface area contributed by atoms with Gasteiger partial charge < -0.3 is 10.4 Å². The highest BCUT2D eigenvalue weighted by Crippen LogP contribution is 2.02. The number of aliphatic carboxylic acids is 1. The van der Waals surface area contributed by atoms with Gasteiger partial charge in [0, 0.05) is 18.7 Å². The number of aromatic nitrogens is 1. The lowest BCUT2D eigenvalue weighted by atomic mass is 10.1. The molecule has 1 amide bonds. The fourth-order valence-corrected chi connectivity index (χ4v) is 1.23. The van der Waals surface area contributed by atoms with Gasteiger partial charge in [0.05, 0.1) is 5.56 Å². The fourth-order valence-electron chi connectivity index (χ4n) is 1.23. The fraction of sp³-hybridized carbons (Fsp3) is 0.364. The molecule has 0 saturated heterocycles.